The zero-order valence-corrected chi connectivity index (χ0v) is 25.4. The molecule has 0 unspecified atom stereocenters. The van der Waals surface area contributed by atoms with Crippen molar-refractivity contribution in [1.29, 1.82) is 0 Å². The van der Waals surface area contributed by atoms with Crippen molar-refractivity contribution in [2.45, 2.75) is 77.3 Å². The summed E-state index contributed by atoms with van der Waals surface area (Å²) in [6.45, 7) is 3.52. The summed E-state index contributed by atoms with van der Waals surface area (Å²) in [6, 6.07) is 0.952. The Labute approximate surface area is 257 Å². The molecule has 1 saturated heterocycles. The van der Waals surface area contributed by atoms with Crippen LogP contribution in [0.1, 0.15) is 69.2 Å². The number of hydrogen-bond donors (Lipinski definition) is 3. The summed E-state index contributed by atoms with van der Waals surface area (Å²) in [5, 5.41) is 14.9. The lowest BCUT2D eigenvalue weighted by Crippen LogP contribution is -2.42. The Balaban J connectivity index is 1.71. The van der Waals surface area contributed by atoms with Crippen molar-refractivity contribution < 1.29 is 56.4 Å². The van der Waals surface area contributed by atoms with Gasteiger partial charge in [-0.1, -0.05) is 0 Å². The number of aromatic nitrogens is 1. The van der Waals surface area contributed by atoms with Gasteiger partial charge in [0.15, 0.2) is 23.0 Å². The molecule has 2 heterocycles. The van der Waals surface area contributed by atoms with Crippen LogP contribution in [0.5, 0.6) is 11.5 Å². The first-order valence-electron chi connectivity index (χ1n) is 14.3. The number of hydrogen-bond acceptors (Lipinski definition) is 10. The predicted octanol–water partition coefficient (Wildman–Crippen LogP) is 4.34. The van der Waals surface area contributed by atoms with Gasteiger partial charge in [-0.15, -0.1) is 0 Å². The molecule has 3 N–H and O–H groups in total. The van der Waals surface area contributed by atoms with Crippen LogP contribution in [0.2, 0.25) is 0 Å². The number of amides is 3. The number of carbonyl (C=O) groups is 4. The number of nitrogens with zero attached hydrogens (tertiary/aromatic N) is 2. The van der Waals surface area contributed by atoms with E-state index in [1.165, 1.54) is 25.1 Å². The minimum absolute atomic E-state index is 0.00876. The molecule has 0 bridgehead atoms. The summed E-state index contributed by atoms with van der Waals surface area (Å²) in [7, 11) is 1.15. The number of carboxylic acid groups (broad SMARTS) is 1. The van der Waals surface area contributed by atoms with Crippen molar-refractivity contribution >= 4 is 24.1 Å². The molecule has 3 amide bonds. The molecule has 0 radical (unpaired) electrons. The molecule has 1 aliphatic heterocycles. The molecule has 2 fully saturated rings. The van der Waals surface area contributed by atoms with E-state index in [4.69, 9.17) is 13.9 Å². The number of alkyl halides is 2. The van der Waals surface area contributed by atoms with Crippen molar-refractivity contribution in [1.82, 2.24) is 20.5 Å². The maximum absolute atomic E-state index is 13.9. The molecule has 2 aliphatic rings. The molecule has 16 heteroatoms. The van der Waals surface area contributed by atoms with E-state index in [0.29, 0.717) is 5.92 Å². The van der Waals surface area contributed by atoms with Crippen LogP contribution in [-0.2, 0) is 14.3 Å². The van der Waals surface area contributed by atoms with Gasteiger partial charge in [0.05, 0.1) is 25.8 Å². The second-order valence-electron chi connectivity index (χ2n) is 11.8. The summed E-state index contributed by atoms with van der Waals surface area (Å²) in [5.74, 6) is -2.32. The lowest BCUT2D eigenvalue weighted by Gasteiger charge is -2.23. The van der Waals surface area contributed by atoms with Gasteiger partial charge in [0, 0.05) is 18.5 Å². The highest BCUT2D eigenvalue weighted by atomic mass is 19.3. The number of likely N-dealkylation sites (tertiary alicyclic amines) is 1. The molecule has 1 aromatic heterocycles. The SMILES string of the molecule is COC(=O)N[C@@H]1C[C@@H](C(=O)O)N(C(=O)c2nc(-c3ccc(OC(F)F)c(OCC4CC4)c3)oc2[C@H](C)NC(=O)OC(C)(C)C)C1. The van der Waals surface area contributed by atoms with Gasteiger partial charge in [-0.25, -0.2) is 19.4 Å². The standard InChI is InChI=1S/C29H36F2N4O10/c1-14(32-28(40)45-29(2,3)4)22-21(24(36)35-12-17(33-27(39)41-5)11-18(35)25(37)38)34-23(44-22)16-8-9-19(43-26(30)31)20(10-16)42-13-15-6-7-15/h8-10,14-15,17-18,26H,6-7,11-13H2,1-5H3,(H,32,40)(H,33,39)(H,37,38)/t14-,17+,18-/m0/s1. The van der Waals surface area contributed by atoms with E-state index < -0.39 is 54.4 Å². The minimum atomic E-state index is -3.10. The van der Waals surface area contributed by atoms with Crippen molar-refractivity contribution in [3.05, 3.63) is 29.7 Å². The fourth-order valence-corrected chi connectivity index (χ4v) is 4.65. The molecule has 1 aromatic carbocycles. The van der Waals surface area contributed by atoms with Gasteiger partial charge in [-0.05, 0) is 64.7 Å². The third-order valence-corrected chi connectivity index (χ3v) is 6.92. The van der Waals surface area contributed by atoms with Crippen LogP contribution in [-0.4, -0.2) is 83.6 Å². The number of carbonyl (C=O) groups excluding carboxylic acids is 3. The average Bonchev–Trinajstić information content (AvgIpc) is 3.50. The molecule has 3 atom stereocenters. The van der Waals surface area contributed by atoms with Gasteiger partial charge in [-0.2, -0.15) is 8.78 Å². The van der Waals surface area contributed by atoms with Crippen LogP contribution < -0.4 is 20.1 Å². The second kappa shape index (κ2) is 13.6. The Morgan fingerprint density at radius 1 is 1.16 bits per heavy atom. The molecule has 0 spiro atoms. The summed E-state index contributed by atoms with van der Waals surface area (Å²) >= 11 is 0. The highest BCUT2D eigenvalue weighted by Crippen LogP contribution is 2.37. The third-order valence-electron chi connectivity index (χ3n) is 6.92. The smallest absolute Gasteiger partial charge is 0.408 e. The predicted molar refractivity (Wildman–Crippen MR) is 151 cm³/mol. The van der Waals surface area contributed by atoms with Crippen LogP contribution in [0.3, 0.4) is 0 Å². The van der Waals surface area contributed by atoms with Crippen LogP contribution in [0, 0.1) is 5.92 Å². The van der Waals surface area contributed by atoms with E-state index in [0.717, 1.165) is 24.9 Å². The van der Waals surface area contributed by atoms with Crippen LogP contribution in [0.25, 0.3) is 11.5 Å². The topological polar surface area (TPSA) is 179 Å². The molecule has 14 nitrogen and oxygen atoms in total. The Hall–Kier alpha value is -4.63. The van der Waals surface area contributed by atoms with Gasteiger partial charge in [0.2, 0.25) is 5.89 Å². The number of nitrogens with one attached hydrogen (secondary N) is 2. The van der Waals surface area contributed by atoms with Gasteiger partial charge in [-0.3, -0.25) is 4.79 Å². The summed E-state index contributed by atoms with van der Waals surface area (Å²) in [4.78, 5) is 55.7. The number of methoxy groups -OCH3 is 1. The van der Waals surface area contributed by atoms with Gasteiger partial charge in [0.25, 0.3) is 5.91 Å². The number of alkyl carbamates (subject to hydrolysis) is 2. The molecular formula is C29H36F2N4O10. The monoisotopic (exact) mass is 638 g/mol. The quantitative estimate of drug-likeness (QED) is 0.319. The van der Waals surface area contributed by atoms with Gasteiger partial charge < -0.3 is 44.0 Å². The van der Waals surface area contributed by atoms with Crippen molar-refractivity contribution in [3.8, 4) is 23.0 Å². The van der Waals surface area contributed by atoms with Crippen LogP contribution in [0.15, 0.2) is 22.6 Å². The first kappa shape index (κ1) is 33.3. The van der Waals surface area contributed by atoms with E-state index in [-0.39, 0.29) is 54.0 Å². The number of halogens is 2. The molecule has 246 valence electrons. The largest absolute Gasteiger partial charge is 0.489 e. The first-order chi connectivity index (χ1) is 21.1. The van der Waals surface area contributed by atoms with Crippen LogP contribution >= 0.6 is 0 Å². The molecule has 1 saturated carbocycles. The van der Waals surface area contributed by atoms with Gasteiger partial charge in [0.1, 0.15) is 11.6 Å². The third kappa shape index (κ3) is 8.73. The number of rotatable bonds is 11. The zero-order valence-electron chi connectivity index (χ0n) is 25.4. The number of aliphatic carboxylic acids is 1. The lowest BCUT2D eigenvalue weighted by atomic mass is 10.1. The maximum Gasteiger partial charge on any atom is 0.408 e. The average molecular weight is 639 g/mol. The second-order valence-corrected chi connectivity index (χ2v) is 11.8. The zero-order chi connectivity index (χ0) is 33.1. The Morgan fingerprint density at radius 3 is 2.47 bits per heavy atom. The van der Waals surface area contributed by atoms with E-state index in [9.17, 15) is 33.1 Å². The van der Waals surface area contributed by atoms with Crippen molar-refractivity contribution in [2.24, 2.45) is 5.92 Å². The van der Waals surface area contributed by atoms with Gasteiger partial charge >= 0.3 is 24.8 Å². The van der Waals surface area contributed by atoms with Crippen molar-refractivity contribution in [2.75, 3.05) is 20.3 Å². The van der Waals surface area contributed by atoms with Crippen LogP contribution in [0.4, 0.5) is 18.4 Å². The fraction of sp³-hybridized carbons (Fsp3) is 0.552. The van der Waals surface area contributed by atoms with E-state index >= 15 is 0 Å². The maximum atomic E-state index is 13.9. The van der Waals surface area contributed by atoms with E-state index in [1.54, 1.807) is 20.8 Å². The fourth-order valence-electron chi connectivity index (χ4n) is 4.65. The molecule has 2 aromatic rings. The molecule has 45 heavy (non-hydrogen) atoms. The first-order valence-corrected chi connectivity index (χ1v) is 14.3. The number of oxazole rings is 1. The number of ether oxygens (including phenoxy) is 4. The van der Waals surface area contributed by atoms with E-state index in [2.05, 4.69) is 25.1 Å². The number of benzene rings is 1. The Morgan fingerprint density at radius 2 is 1.87 bits per heavy atom. The molecule has 4 rings (SSSR count). The Kier molecular flexibility index (Phi) is 10.0. The minimum Gasteiger partial charge on any atom is -0.489 e. The lowest BCUT2D eigenvalue weighted by molar-refractivity contribution is -0.141. The van der Waals surface area contributed by atoms with Crippen molar-refractivity contribution in [3.63, 3.8) is 0 Å². The number of carboxylic acids is 1. The van der Waals surface area contributed by atoms with E-state index in [1.807, 2.05) is 0 Å². The normalized spacial score (nSPS) is 18.7. The summed E-state index contributed by atoms with van der Waals surface area (Å²) < 4.78 is 52.4. The summed E-state index contributed by atoms with van der Waals surface area (Å²) in [5.41, 5.74) is -0.916. The highest BCUT2D eigenvalue weighted by Gasteiger charge is 2.43. The summed E-state index contributed by atoms with van der Waals surface area (Å²) in [6.07, 6.45) is 0.187. The Bertz CT molecular complexity index is 1420. The highest BCUT2D eigenvalue weighted by molar-refractivity contribution is 5.97. The molecule has 1 aliphatic carbocycles. The molecular weight excluding hydrogens is 602 g/mol.